The van der Waals surface area contributed by atoms with Crippen molar-refractivity contribution < 1.29 is 4.42 Å². The van der Waals surface area contributed by atoms with Gasteiger partial charge in [0, 0.05) is 12.1 Å². The normalized spacial score (nSPS) is 12.4. The molecule has 1 aromatic rings. The third-order valence-corrected chi connectivity index (χ3v) is 3.13. The second-order valence-electron chi connectivity index (χ2n) is 5.36. The first kappa shape index (κ1) is 13.3. The molecule has 16 heavy (non-hydrogen) atoms. The van der Waals surface area contributed by atoms with Crippen molar-refractivity contribution in [1.82, 2.24) is 4.90 Å². The van der Waals surface area contributed by atoms with Crippen LogP contribution in [0.1, 0.15) is 31.6 Å². The molecule has 1 aromatic heterocycles. The summed E-state index contributed by atoms with van der Waals surface area (Å²) >= 11 is 0. The van der Waals surface area contributed by atoms with Gasteiger partial charge in [-0.2, -0.15) is 0 Å². The Morgan fingerprint density at radius 3 is 2.62 bits per heavy atom. The van der Waals surface area contributed by atoms with E-state index in [4.69, 9.17) is 10.2 Å². The SMILES string of the molecule is Cc1occc1CN(C)CCC(C)(C)CN. The number of rotatable bonds is 6. The van der Waals surface area contributed by atoms with Gasteiger partial charge in [0.15, 0.2) is 0 Å². The van der Waals surface area contributed by atoms with E-state index in [1.807, 2.05) is 13.0 Å². The molecule has 0 saturated heterocycles. The van der Waals surface area contributed by atoms with Crippen LogP contribution in [-0.2, 0) is 6.54 Å². The van der Waals surface area contributed by atoms with Crippen LogP contribution < -0.4 is 5.73 Å². The first-order chi connectivity index (χ1) is 7.44. The molecule has 1 heterocycles. The van der Waals surface area contributed by atoms with Gasteiger partial charge < -0.3 is 15.1 Å². The summed E-state index contributed by atoms with van der Waals surface area (Å²) in [4.78, 5) is 2.31. The lowest BCUT2D eigenvalue weighted by molar-refractivity contribution is 0.248. The molecule has 0 atom stereocenters. The highest BCUT2D eigenvalue weighted by Gasteiger charge is 2.16. The Kier molecular flexibility index (Phi) is 4.56. The molecule has 0 saturated carbocycles. The van der Waals surface area contributed by atoms with Crippen LogP contribution in [-0.4, -0.2) is 25.0 Å². The number of aryl methyl sites for hydroxylation is 1. The molecule has 0 radical (unpaired) electrons. The fraction of sp³-hybridized carbons (Fsp3) is 0.692. The van der Waals surface area contributed by atoms with E-state index in [1.165, 1.54) is 5.56 Å². The molecule has 0 aliphatic rings. The fourth-order valence-corrected chi connectivity index (χ4v) is 1.54. The molecule has 0 aliphatic carbocycles. The summed E-state index contributed by atoms with van der Waals surface area (Å²) in [5.41, 5.74) is 7.23. The van der Waals surface area contributed by atoms with Crippen molar-refractivity contribution in [2.24, 2.45) is 11.1 Å². The zero-order valence-electron chi connectivity index (χ0n) is 10.9. The van der Waals surface area contributed by atoms with Gasteiger partial charge in [-0.05, 0) is 45.0 Å². The highest BCUT2D eigenvalue weighted by molar-refractivity contribution is 5.14. The van der Waals surface area contributed by atoms with E-state index in [2.05, 4.69) is 25.8 Å². The van der Waals surface area contributed by atoms with E-state index in [-0.39, 0.29) is 5.41 Å². The smallest absolute Gasteiger partial charge is 0.105 e. The Morgan fingerprint density at radius 2 is 2.12 bits per heavy atom. The summed E-state index contributed by atoms with van der Waals surface area (Å²) in [7, 11) is 2.14. The maximum absolute atomic E-state index is 5.72. The zero-order chi connectivity index (χ0) is 12.2. The maximum Gasteiger partial charge on any atom is 0.105 e. The van der Waals surface area contributed by atoms with Crippen LogP contribution in [0.5, 0.6) is 0 Å². The molecule has 0 aliphatic heterocycles. The van der Waals surface area contributed by atoms with Gasteiger partial charge in [-0.25, -0.2) is 0 Å². The summed E-state index contributed by atoms with van der Waals surface area (Å²) in [6, 6.07) is 2.04. The van der Waals surface area contributed by atoms with Crippen molar-refractivity contribution in [3.63, 3.8) is 0 Å². The van der Waals surface area contributed by atoms with E-state index in [0.29, 0.717) is 0 Å². The van der Waals surface area contributed by atoms with Gasteiger partial charge in [-0.15, -0.1) is 0 Å². The lowest BCUT2D eigenvalue weighted by Crippen LogP contribution is -2.29. The van der Waals surface area contributed by atoms with Crippen molar-refractivity contribution in [2.75, 3.05) is 20.1 Å². The summed E-state index contributed by atoms with van der Waals surface area (Å²) in [5, 5.41) is 0. The standard InChI is InChI=1S/C13H24N2O/c1-11-12(5-8-16-11)9-15(4)7-6-13(2,3)10-14/h5,8H,6-7,9-10,14H2,1-4H3. The average molecular weight is 224 g/mol. The van der Waals surface area contributed by atoms with Crippen LogP contribution >= 0.6 is 0 Å². The maximum atomic E-state index is 5.72. The number of hydrogen-bond donors (Lipinski definition) is 1. The van der Waals surface area contributed by atoms with Crippen molar-refractivity contribution >= 4 is 0 Å². The summed E-state index contributed by atoms with van der Waals surface area (Å²) in [5.74, 6) is 1.02. The van der Waals surface area contributed by atoms with Gasteiger partial charge in [0.2, 0.25) is 0 Å². The van der Waals surface area contributed by atoms with Crippen LogP contribution in [0.25, 0.3) is 0 Å². The Bertz CT molecular complexity index is 317. The van der Waals surface area contributed by atoms with Gasteiger partial charge in [-0.1, -0.05) is 13.8 Å². The minimum atomic E-state index is 0.236. The number of nitrogens with zero attached hydrogens (tertiary/aromatic N) is 1. The van der Waals surface area contributed by atoms with Crippen LogP contribution in [0.15, 0.2) is 16.7 Å². The Morgan fingerprint density at radius 1 is 1.44 bits per heavy atom. The molecule has 0 spiro atoms. The molecule has 0 amide bonds. The molecule has 2 N–H and O–H groups in total. The van der Waals surface area contributed by atoms with Crippen molar-refractivity contribution in [2.45, 2.75) is 33.7 Å². The monoisotopic (exact) mass is 224 g/mol. The predicted octanol–water partition coefficient (Wildman–Crippen LogP) is 2.39. The van der Waals surface area contributed by atoms with E-state index in [9.17, 15) is 0 Å². The molecule has 3 nitrogen and oxygen atoms in total. The minimum absolute atomic E-state index is 0.236. The summed E-state index contributed by atoms with van der Waals surface area (Å²) < 4.78 is 5.29. The van der Waals surface area contributed by atoms with Crippen molar-refractivity contribution in [1.29, 1.82) is 0 Å². The minimum Gasteiger partial charge on any atom is -0.469 e. The topological polar surface area (TPSA) is 42.4 Å². The second-order valence-corrected chi connectivity index (χ2v) is 5.36. The first-order valence-corrected chi connectivity index (χ1v) is 5.86. The average Bonchev–Trinajstić information content (AvgIpc) is 2.62. The molecule has 0 aromatic carbocycles. The van der Waals surface area contributed by atoms with Gasteiger partial charge in [0.25, 0.3) is 0 Å². The van der Waals surface area contributed by atoms with Gasteiger partial charge in [-0.3, -0.25) is 0 Å². The van der Waals surface area contributed by atoms with Crippen molar-refractivity contribution in [3.05, 3.63) is 23.7 Å². The molecule has 0 unspecified atom stereocenters. The van der Waals surface area contributed by atoms with Crippen LogP contribution in [0, 0.1) is 12.3 Å². The zero-order valence-corrected chi connectivity index (χ0v) is 10.9. The van der Waals surface area contributed by atoms with Crippen LogP contribution in [0.4, 0.5) is 0 Å². The van der Waals surface area contributed by atoms with Crippen molar-refractivity contribution in [3.8, 4) is 0 Å². The van der Waals surface area contributed by atoms with E-state index in [1.54, 1.807) is 6.26 Å². The molecule has 1 rings (SSSR count). The van der Waals surface area contributed by atoms with Gasteiger partial charge >= 0.3 is 0 Å². The Balaban J connectivity index is 2.37. The van der Waals surface area contributed by atoms with Crippen LogP contribution in [0.3, 0.4) is 0 Å². The number of hydrogen-bond acceptors (Lipinski definition) is 3. The Hall–Kier alpha value is -0.800. The van der Waals surface area contributed by atoms with E-state index >= 15 is 0 Å². The largest absolute Gasteiger partial charge is 0.469 e. The third kappa shape index (κ3) is 3.99. The van der Waals surface area contributed by atoms with Gasteiger partial charge in [0.1, 0.15) is 5.76 Å². The summed E-state index contributed by atoms with van der Waals surface area (Å²) in [6.07, 6.45) is 2.87. The molecule has 0 bridgehead atoms. The first-order valence-electron chi connectivity index (χ1n) is 5.86. The molecular formula is C13H24N2O. The lowest BCUT2D eigenvalue weighted by Gasteiger charge is -2.25. The van der Waals surface area contributed by atoms with Gasteiger partial charge in [0.05, 0.1) is 6.26 Å². The lowest BCUT2D eigenvalue weighted by atomic mass is 9.89. The fourth-order valence-electron chi connectivity index (χ4n) is 1.54. The highest BCUT2D eigenvalue weighted by Crippen LogP contribution is 2.19. The molecule has 0 fully saturated rings. The van der Waals surface area contributed by atoms with Crippen LogP contribution in [0.2, 0.25) is 0 Å². The highest BCUT2D eigenvalue weighted by atomic mass is 16.3. The molecule has 92 valence electrons. The molecular weight excluding hydrogens is 200 g/mol. The quantitative estimate of drug-likeness (QED) is 0.806. The van der Waals surface area contributed by atoms with E-state index < -0.39 is 0 Å². The predicted molar refractivity (Wildman–Crippen MR) is 67.2 cm³/mol. The van der Waals surface area contributed by atoms with E-state index in [0.717, 1.165) is 31.8 Å². The molecule has 3 heteroatoms. The number of nitrogens with two attached hydrogens (primary N) is 1. The summed E-state index contributed by atoms with van der Waals surface area (Å²) in [6.45, 7) is 9.18. The number of furan rings is 1. The second kappa shape index (κ2) is 5.51. The Labute approximate surface area is 98.6 Å². The third-order valence-electron chi connectivity index (χ3n) is 3.13.